The van der Waals surface area contributed by atoms with Gasteiger partial charge in [0.2, 0.25) is 11.8 Å². The second-order valence-electron chi connectivity index (χ2n) is 9.83. The number of carbonyl (C=O) groups is 6. The van der Waals surface area contributed by atoms with E-state index in [1.807, 2.05) is 22.6 Å². The van der Waals surface area contributed by atoms with Crippen molar-refractivity contribution in [3.63, 3.8) is 0 Å². The molecule has 0 spiro atoms. The van der Waals surface area contributed by atoms with Crippen LogP contribution in [-0.2, 0) is 49.3 Å². The Morgan fingerprint density at radius 3 is 2.00 bits per heavy atom. The Morgan fingerprint density at radius 1 is 0.911 bits per heavy atom. The van der Waals surface area contributed by atoms with Crippen LogP contribution in [0.15, 0.2) is 36.5 Å². The molecule has 0 radical (unpaired) electrons. The number of nitrogens with zero attached hydrogens (tertiary/aromatic N) is 1. The normalized spacial score (nSPS) is 14.2. The number of nitrogens with one attached hydrogen (secondary N) is 3. The van der Waals surface area contributed by atoms with Gasteiger partial charge >= 0.3 is 11.9 Å². The van der Waals surface area contributed by atoms with Crippen LogP contribution < -0.4 is 16.0 Å². The molecule has 0 saturated carbocycles. The van der Waals surface area contributed by atoms with E-state index in [9.17, 15) is 28.8 Å². The van der Waals surface area contributed by atoms with Crippen LogP contribution in [0.25, 0.3) is 0 Å². The fourth-order valence-electron chi connectivity index (χ4n) is 3.95. The maximum atomic E-state index is 13.9. The van der Waals surface area contributed by atoms with Crippen LogP contribution in [0.3, 0.4) is 0 Å². The number of amides is 3. The number of Topliss-reactive ketones (excluding diaryl/α,β-unsaturated/α-hetero) is 1. The van der Waals surface area contributed by atoms with Crippen LogP contribution in [0.2, 0.25) is 0 Å². The van der Waals surface area contributed by atoms with Gasteiger partial charge in [-0.3, -0.25) is 19.2 Å². The number of alkyl halides is 1. The van der Waals surface area contributed by atoms with Crippen LogP contribution in [0.4, 0.5) is 0 Å². The van der Waals surface area contributed by atoms with Gasteiger partial charge in [-0.15, -0.1) is 11.3 Å². The van der Waals surface area contributed by atoms with E-state index in [0.717, 1.165) is 11.3 Å². The average molecular weight is 761 g/mol. The third-order valence-corrected chi connectivity index (χ3v) is 8.59. The first-order valence-corrected chi connectivity index (χ1v) is 16.1. The van der Waals surface area contributed by atoms with Crippen molar-refractivity contribution in [1.82, 2.24) is 20.9 Å². The van der Waals surface area contributed by atoms with Gasteiger partial charge in [-0.2, -0.15) is 0 Å². The first-order valence-electron chi connectivity index (χ1n) is 13.7. The Hall–Kier alpha value is -3.48. The number of benzene rings is 1. The molecule has 3 N–H and O–H groups in total. The van der Waals surface area contributed by atoms with Crippen molar-refractivity contribution in [2.45, 2.75) is 50.9 Å². The summed E-state index contributed by atoms with van der Waals surface area (Å²) in [4.78, 5) is 82.0. The van der Waals surface area contributed by atoms with Crippen LogP contribution >= 0.6 is 33.9 Å². The third kappa shape index (κ3) is 11.4. The van der Waals surface area contributed by atoms with E-state index in [4.69, 9.17) is 14.2 Å². The van der Waals surface area contributed by atoms with Gasteiger partial charge < -0.3 is 34.9 Å². The fraction of sp³-hybridized carbons (Fsp3) is 0.483. The maximum absolute atomic E-state index is 13.9. The van der Waals surface area contributed by atoms with E-state index in [0.29, 0.717) is 10.6 Å². The van der Waals surface area contributed by atoms with E-state index in [1.54, 1.807) is 37.3 Å². The molecule has 2 rings (SSSR count). The molecule has 3 amide bonds. The van der Waals surface area contributed by atoms with Gasteiger partial charge in [0, 0.05) is 18.6 Å². The molecule has 0 saturated heterocycles. The lowest BCUT2D eigenvalue weighted by molar-refractivity contribution is -0.177. The molecule has 0 fully saturated rings. The zero-order chi connectivity index (χ0) is 33.6. The minimum Gasteiger partial charge on any atom is -0.458 e. The second kappa shape index (κ2) is 18.5. The number of hydrogen-bond donors (Lipinski definition) is 3. The zero-order valence-corrected chi connectivity index (χ0v) is 28.5. The number of halogens is 1. The summed E-state index contributed by atoms with van der Waals surface area (Å²) in [5, 5.41) is 8.42. The standard InChI is InChI=1S/C29H37IN4O10S/c1-6-43-27(39)28(40)44-29(3,16-30)23(35)19(12-18-10-8-7-9-11-18)32-24(36)20(14-41-4)33-25(37)21(15-42-5)34-26(38)22-13-31-17(2)45-22/h7-11,13,19-21H,6,12,14-16H2,1-5H3,(H,32,36)(H,33,37)(H,34,38)/t19-,20-,21-,29?/m0/s1. The Kier molecular flexibility index (Phi) is 15.5. The van der Waals surface area contributed by atoms with Crippen LogP contribution in [0, 0.1) is 6.92 Å². The molecular weight excluding hydrogens is 723 g/mol. The van der Waals surface area contributed by atoms with E-state index in [-0.39, 0.29) is 35.5 Å². The predicted octanol–water partition coefficient (Wildman–Crippen LogP) is 0.924. The first-order chi connectivity index (χ1) is 21.4. The average Bonchev–Trinajstić information content (AvgIpc) is 3.46. The zero-order valence-electron chi connectivity index (χ0n) is 25.5. The van der Waals surface area contributed by atoms with Gasteiger partial charge in [0.05, 0.1) is 37.1 Å². The number of thiazole rings is 1. The smallest absolute Gasteiger partial charge is 0.418 e. The summed E-state index contributed by atoms with van der Waals surface area (Å²) in [5.74, 6) is -5.37. The molecule has 0 aliphatic heterocycles. The molecule has 1 aromatic heterocycles. The molecule has 0 aliphatic rings. The van der Waals surface area contributed by atoms with Crippen LogP contribution in [0.1, 0.15) is 34.1 Å². The molecule has 1 heterocycles. The molecule has 1 aromatic carbocycles. The molecule has 45 heavy (non-hydrogen) atoms. The van der Waals surface area contributed by atoms with Crippen molar-refractivity contribution in [1.29, 1.82) is 0 Å². The highest BCUT2D eigenvalue weighted by atomic mass is 127. The van der Waals surface area contributed by atoms with Crippen molar-refractivity contribution in [3.8, 4) is 0 Å². The van der Waals surface area contributed by atoms with Gasteiger partial charge in [-0.05, 0) is 32.8 Å². The molecule has 2 aromatic rings. The van der Waals surface area contributed by atoms with Crippen molar-refractivity contribution in [2.75, 3.05) is 38.5 Å². The monoisotopic (exact) mass is 760 g/mol. The fourth-order valence-corrected chi connectivity index (χ4v) is 5.16. The summed E-state index contributed by atoms with van der Waals surface area (Å²) >= 11 is 2.99. The topological polar surface area (TPSA) is 188 Å². The molecule has 4 atom stereocenters. The van der Waals surface area contributed by atoms with Crippen molar-refractivity contribution < 1.29 is 47.7 Å². The molecule has 16 heteroatoms. The number of aromatic nitrogens is 1. The first kappa shape index (κ1) is 37.7. The van der Waals surface area contributed by atoms with E-state index < -0.39 is 59.2 Å². The van der Waals surface area contributed by atoms with Crippen molar-refractivity contribution >= 4 is 69.4 Å². The van der Waals surface area contributed by atoms with Crippen molar-refractivity contribution in [2.24, 2.45) is 0 Å². The van der Waals surface area contributed by atoms with E-state index in [2.05, 4.69) is 25.7 Å². The van der Waals surface area contributed by atoms with Gasteiger partial charge in [0.1, 0.15) is 17.0 Å². The maximum Gasteiger partial charge on any atom is 0.418 e. The molecule has 246 valence electrons. The third-order valence-electron chi connectivity index (χ3n) is 6.22. The predicted molar refractivity (Wildman–Crippen MR) is 171 cm³/mol. The van der Waals surface area contributed by atoms with Crippen molar-refractivity contribution in [3.05, 3.63) is 52.0 Å². The molecule has 1 unspecified atom stereocenters. The molecule has 0 aliphatic carbocycles. The summed E-state index contributed by atoms with van der Waals surface area (Å²) < 4.78 is 20.2. The van der Waals surface area contributed by atoms with E-state index >= 15 is 0 Å². The number of ketones is 1. The number of ether oxygens (including phenoxy) is 4. The number of aryl methyl sites for hydroxylation is 1. The summed E-state index contributed by atoms with van der Waals surface area (Å²) in [6.45, 7) is 4.03. The highest BCUT2D eigenvalue weighted by molar-refractivity contribution is 14.1. The summed E-state index contributed by atoms with van der Waals surface area (Å²) in [5.41, 5.74) is -1.14. The number of hydrogen-bond acceptors (Lipinski definition) is 12. The van der Waals surface area contributed by atoms with Gasteiger partial charge in [0.25, 0.3) is 5.91 Å². The molecular formula is C29H37IN4O10S. The highest BCUT2D eigenvalue weighted by Gasteiger charge is 2.43. The lowest BCUT2D eigenvalue weighted by Gasteiger charge is -2.31. The Bertz CT molecular complexity index is 1340. The highest BCUT2D eigenvalue weighted by Crippen LogP contribution is 2.21. The molecule has 0 bridgehead atoms. The van der Waals surface area contributed by atoms with E-state index in [1.165, 1.54) is 34.3 Å². The lowest BCUT2D eigenvalue weighted by Crippen LogP contribution is -2.60. The quantitative estimate of drug-likeness (QED) is 0.0901. The SMILES string of the molecule is CCOC(=O)C(=O)OC(C)(CI)C(=O)[C@H](Cc1ccccc1)NC(=O)[C@H](COC)NC(=O)[C@H](COC)NC(=O)c1cnc(C)s1. The number of esters is 2. The minimum absolute atomic E-state index is 0.00112. The van der Waals surface area contributed by atoms with Crippen LogP contribution in [0.5, 0.6) is 0 Å². The van der Waals surface area contributed by atoms with Gasteiger partial charge in [-0.25, -0.2) is 14.6 Å². The lowest BCUT2D eigenvalue weighted by atomic mass is 9.92. The molecule has 14 nitrogen and oxygen atoms in total. The van der Waals surface area contributed by atoms with Gasteiger partial charge in [-0.1, -0.05) is 52.9 Å². The van der Waals surface area contributed by atoms with Gasteiger partial charge in [0.15, 0.2) is 11.4 Å². The summed E-state index contributed by atoms with van der Waals surface area (Å²) in [7, 11) is 2.67. The second-order valence-corrected chi connectivity index (χ2v) is 11.8. The largest absolute Gasteiger partial charge is 0.458 e. The number of rotatable bonds is 17. The minimum atomic E-state index is -1.82. The number of carbonyl (C=O) groups excluding carboxylic acids is 6. The number of methoxy groups -OCH3 is 2. The summed E-state index contributed by atoms with van der Waals surface area (Å²) in [6, 6.07) is 5.04. The summed E-state index contributed by atoms with van der Waals surface area (Å²) in [6.07, 6.45) is 1.38. The Balaban J connectivity index is 2.29. The Labute approximate surface area is 278 Å². The Morgan fingerprint density at radius 2 is 1.49 bits per heavy atom. The van der Waals surface area contributed by atoms with Crippen LogP contribution in [-0.4, -0.2) is 103 Å².